The first-order valence-corrected chi connectivity index (χ1v) is 8.57. The van der Waals surface area contributed by atoms with Gasteiger partial charge in [-0.05, 0) is 18.6 Å². The van der Waals surface area contributed by atoms with Gasteiger partial charge < -0.3 is 9.32 Å². The molecule has 5 nitrogen and oxygen atoms in total. The largest absolute Gasteiger partial charge is 0.448 e. The van der Waals surface area contributed by atoms with Crippen LogP contribution >= 0.6 is 0 Å². The number of rotatable bonds is 4. The third-order valence-corrected chi connectivity index (χ3v) is 4.64. The lowest BCUT2D eigenvalue weighted by molar-refractivity contribution is 0.0755. The molecule has 2 aromatic carbocycles. The number of hydrogen-bond donors (Lipinski definition) is 1. The van der Waals surface area contributed by atoms with Gasteiger partial charge in [0.15, 0.2) is 17.2 Å². The SMILES string of the molecule is Cc1c(C(=O)N(C)Cc2cn[nH]c2-c2ccccc2)oc2c(F)cccc12. The highest BCUT2D eigenvalue weighted by Crippen LogP contribution is 2.29. The minimum Gasteiger partial charge on any atom is -0.448 e. The molecule has 0 aliphatic heterocycles. The van der Waals surface area contributed by atoms with Gasteiger partial charge in [0.05, 0.1) is 11.9 Å². The number of hydrogen-bond acceptors (Lipinski definition) is 3. The lowest BCUT2D eigenvalue weighted by Crippen LogP contribution is -2.26. The van der Waals surface area contributed by atoms with E-state index in [0.717, 1.165) is 16.8 Å². The van der Waals surface area contributed by atoms with Crippen LogP contribution in [-0.4, -0.2) is 28.1 Å². The molecule has 0 saturated carbocycles. The Labute approximate surface area is 155 Å². The van der Waals surface area contributed by atoms with Crippen LogP contribution in [0.2, 0.25) is 0 Å². The summed E-state index contributed by atoms with van der Waals surface area (Å²) in [4.78, 5) is 14.4. The Hall–Kier alpha value is -3.41. The Bertz CT molecular complexity index is 1120. The molecule has 0 aliphatic carbocycles. The fraction of sp³-hybridized carbons (Fsp3) is 0.143. The van der Waals surface area contributed by atoms with Crippen molar-refractivity contribution in [1.82, 2.24) is 15.1 Å². The zero-order valence-electron chi connectivity index (χ0n) is 15.0. The summed E-state index contributed by atoms with van der Waals surface area (Å²) in [6.07, 6.45) is 1.71. The summed E-state index contributed by atoms with van der Waals surface area (Å²) in [6.45, 7) is 2.11. The number of furan rings is 1. The van der Waals surface area contributed by atoms with Crippen molar-refractivity contribution in [2.24, 2.45) is 0 Å². The second kappa shape index (κ2) is 6.72. The van der Waals surface area contributed by atoms with Crippen molar-refractivity contribution in [2.45, 2.75) is 13.5 Å². The molecule has 1 N–H and O–H groups in total. The van der Waals surface area contributed by atoms with Gasteiger partial charge in [-0.2, -0.15) is 5.10 Å². The van der Waals surface area contributed by atoms with Crippen molar-refractivity contribution in [3.8, 4) is 11.3 Å². The quantitative estimate of drug-likeness (QED) is 0.579. The first kappa shape index (κ1) is 17.0. The van der Waals surface area contributed by atoms with E-state index in [-0.39, 0.29) is 17.3 Å². The molecule has 0 bridgehead atoms. The summed E-state index contributed by atoms with van der Waals surface area (Å²) in [7, 11) is 1.69. The molecule has 0 atom stereocenters. The second-order valence-electron chi connectivity index (χ2n) is 6.47. The van der Waals surface area contributed by atoms with Crippen molar-refractivity contribution in [1.29, 1.82) is 0 Å². The monoisotopic (exact) mass is 363 g/mol. The Kier molecular flexibility index (Phi) is 4.24. The lowest BCUT2D eigenvalue weighted by atomic mass is 10.1. The average Bonchev–Trinajstić information content (AvgIpc) is 3.27. The molecular weight excluding hydrogens is 345 g/mol. The van der Waals surface area contributed by atoms with E-state index < -0.39 is 5.82 Å². The van der Waals surface area contributed by atoms with E-state index in [9.17, 15) is 9.18 Å². The van der Waals surface area contributed by atoms with Crippen LogP contribution in [0, 0.1) is 12.7 Å². The Morgan fingerprint density at radius 3 is 2.70 bits per heavy atom. The first-order valence-electron chi connectivity index (χ1n) is 8.57. The highest BCUT2D eigenvalue weighted by atomic mass is 19.1. The van der Waals surface area contributed by atoms with Crippen molar-refractivity contribution < 1.29 is 13.6 Å². The summed E-state index contributed by atoms with van der Waals surface area (Å²) in [5, 5.41) is 7.71. The number of halogens is 1. The van der Waals surface area contributed by atoms with E-state index in [1.807, 2.05) is 30.3 Å². The molecule has 0 saturated heterocycles. The van der Waals surface area contributed by atoms with E-state index in [0.29, 0.717) is 17.5 Å². The molecule has 2 aromatic heterocycles. The van der Waals surface area contributed by atoms with Crippen LogP contribution in [0.4, 0.5) is 4.39 Å². The van der Waals surface area contributed by atoms with Crippen LogP contribution in [0.3, 0.4) is 0 Å². The highest BCUT2D eigenvalue weighted by molar-refractivity contribution is 5.99. The molecule has 2 heterocycles. The predicted octanol–water partition coefficient (Wildman–Crippen LogP) is 4.54. The molecule has 6 heteroatoms. The van der Waals surface area contributed by atoms with E-state index in [2.05, 4.69) is 10.2 Å². The summed E-state index contributed by atoms with van der Waals surface area (Å²) in [5.74, 6) is -0.621. The molecule has 0 radical (unpaired) electrons. The highest BCUT2D eigenvalue weighted by Gasteiger charge is 2.23. The van der Waals surface area contributed by atoms with Crippen LogP contribution < -0.4 is 0 Å². The van der Waals surface area contributed by atoms with Gasteiger partial charge in [-0.1, -0.05) is 42.5 Å². The van der Waals surface area contributed by atoms with Crippen LogP contribution in [0.25, 0.3) is 22.2 Å². The molecule has 0 unspecified atom stereocenters. The molecule has 4 rings (SSSR count). The van der Waals surface area contributed by atoms with Crippen molar-refractivity contribution >= 4 is 16.9 Å². The van der Waals surface area contributed by atoms with Gasteiger partial charge in [-0.3, -0.25) is 9.89 Å². The molecule has 27 heavy (non-hydrogen) atoms. The van der Waals surface area contributed by atoms with E-state index in [1.54, 1.807) is 37.2 Å². The van der Waals surface area contributed by atoms with Crippen molar-refractivity contribution in [3.05, 3.63) is 77.4 Å². The van der Waals surface area contributed by atoms with E-state index in [4.69, 9.17) is 4.42 Å². The minimum absolute atomic E-state index is 0.111. The molecule has 136 valence electrons. The molecule has 0 spiro atoms. The van der Waals surface area contributed by atoms with Gasteiger partial charge >= 0.3 is 0 Å². The molecule has 0 fully saturated rings. The maximum Gasteiger partial charge on any atom is 0.289 e. The Morgan fingerprint density at radius 1 is 1.19 bits per heavy atom. The molecular formula is C21H18FN3O2. The predicted molar refractivity (Wildman–Crippen MR) is 101 cm³/mol. The van der Waals surface area contributed by atoms with Crippen molar-refractivity contribution in [2.75, 3.05) is 7.05 Å². The van der Waals surface area contributed by atoms with Gasteiger partial charge in [0.1, 0.15) is 0 Å². The van der Waals surface area contributed by atoms with Gasteiger partial charge in [0.25, 0.3) is 5.91 Å². The minimum atomic E-state index is -0.474. The fourth-order valence-corrected chi connectivity index (χ4v) is 3.20. The first-order chi connectivity index (χ1) is 13.1. The smallest absolute Gasteiger partial charge is 0.289 e. The lowest BCUT2D eigenvalue weighted by Gasteiger charge is -2.16. The number of H-pyrrole nitrogens is 1. The summed E-state index contributed by atoms with van der Waals surface area (Å²) in [6, 6.07) is 14.5. The van der Waals surface area contributed by atoms with Crippen LogP contribution in [-0.2, 0) is 6.54 Å². The van der Waals surface area contributed by atoms with E-state index in [1.165, 1.54) is 6.07 Å². The van der Waals surface area contributed by atoms with Crippen molar-refractivity contribution in [3.63, 3.8) is 0 Å². The van der Waals surface area contributed by atoms with Gasteiger partial charge in [0, 0.05) is 30.1 Å². The molecule has 0 aliphatic rings. The number of fused-ring (bicyclic) bond motifs is 1. The maximum absolute atomic E-state index is 14.0. The Balaban J connectivity index is 1.63. The van der Waals surface area contributed by atoms with Crippen LogP contribution in [0.1, 0.15) is 21.7 Å². The zero-order chi connectivity index (χ0) is 19.0. The number of carbonyl (C=O) groups is 1. The van der Waals surface area contributed by atoms with Gasteiger partial charge in [-0.25, -0.2) is 4.39 Å². The van der Waals surface area contributed by atoms with Gasteiger partial charge in [0.2, 0.25) is 0 Å². The number of nitrogens with one attached hydrogen (secondary N) is 1. The number of aryl methyl sites for hydroxylation is 1. The standard InChI is InChI=1S/C21H18FN3O2/c1-13-16-9-6-10-17(22)20(16)27-19(13)21(26)25(2)12-15-11-23-24-18(15)14-7-4-3-5-8-14/h3-11H,12H2,1-2H3,(H,23,24). The Morgan fingerprint density at radius 2 is 1.96 bits per heavy atom. The number of para-hydroxylation sites is 1. The van der Waals surface area contributed by atoms with Crippen LogP contribution in [0.15, 0.2) is 59.1 Å². The number of aromatic nitrogens is 2. The third kappa shape index (κ3) is 2.99. The molecule has 4 aromatic rings. The summed E-state index contributed by atoms with van der Waals surface area (Å²) in [5.41, 5.74) is 3.49. The topological polar surface area (TPSA) is 62.1 Å². The number of aromatic amines is 1. The molecule has 1 amide bonds. The number of nitrogens with zero attached hydrogens (tertiary/aromatic N) is 2. The third-order valence-electron chi connectivity index (χ3n) is 4.64. The van der Waals surface area contributed by atoms with Gasteiger partial charge in [-0.15, -0.1) is 0 Å². The fourth-order valence-electron chi connectivity index (χ4n) is 3.20. The summed E-state index contributed by atoms with van der Waals surface area (Å²) < 4.78 is 19.5. The second-order valence-corrected chi connectivity index (χ2v) is 6.47. The number of amides is 1. The van der Waals surface area contributed by atoms with Crippen LogP contribution in [0.5, 0.6) is 0 Å². The zero-order valence-corrected chi connectivity index (χ0v) is 15.0. The average molecular weight is 363 g/mol. The number of benzene rings is 2. The normalized spacial score (nSPS) is 11.1. The van der Waals surface area contributed by atoms with E-state index >= 15 is 0 Å². The summed E-state index contributed by atoms with van der Waals surface area (Å²) >= 11 is 0. The number of carbonyl (C=O) groups excluding carboxylic acids is 1. The maximum atomic E-state index is 14.0.